The van der Waals surface area contributed by atoms with Gasteiger partial charge < -0.3 is 9.84 Å². The Kier molecular flexibility index (Phi) is 5.74. The lowest BCUT2D eigenvalue weighted by Crippen LogP contribution is -2.06. The van der Waals surface area contributed by atoms with Crippen molar-refractivity contribution in [3.05, 3.63) is 29.8 Å². The smallest absolute Gasteiger partial charge is 0.351 e. The minimum Gasteiger partial charge on any atom is -0.462 e. The van der Waals surface area contributed by atoms with Crippen LogP contribution in [0.2, 0.25) is 0 Å². The molecule has 0 aromatic heterocycles. The highest BCUT2D eigenvalue weighted by molar-refractivity contribution is 6.23. The summed E-state index contributed by atoms with van der Waals surface area (Å²) in [6.45, 7) is 2.20. The fourth-order valence-electron chi connectivity index (χ4n) is 1.21. The lowest BCUT2D eigenvalue weighted by Gasteiger charge is -2.02. The summed E-state index contributed by atoms with van der Waals surface area (Å²) in [5, 5.41) is 12.5. The molecule has 0 amide bonds. The second kappa shape index (κ2) is 7.40. The van der Waals surface area contributed by atoms with E-state index in [0.717, 1.165) is 17.5 Å². The maximum absolute atomic E-state index is 10.9. The Morgan fingerprint density at radius 1 is 1.47 bits per heavy atom. The molecule has 0 spiro atoms. The summed E-state index contributed by atoms with van der Waals surface area (Å²) in [5.74, 6) is -0.475. The summed E-state index contributed by atoms with van der Waals surface area (Å²) in [5.41, 5.74) is 4.53. The first-order valence-corrected chi connectivity index (χ1v) is 5.42. The molecule has 2 N–H and O–H groups in total. The van der Waals surface area contributed by atoms with Crippen molar-refractivity contribution in [3.8, 4) is 0 Å². The Morgan fingerprint density at radius 3 is 2.76 bits per heavy atom. The number of carbonyl (C=O) groups excluding carboxylic acids is 1. The van der Waals surface area contributed by atoms with Crippen molar-refractivity contribution in [1.82, 2.24) is 0 Å². The van der Waals surface area contributed by atoms with Crippen LogP contribution in [0.3, 0.4) is 0 Å². The quantitative estimate of drug-likeness (QED) is 0.442. The standard InChI is InChI=1S/C12H16N2O3/c1-2-17-12(16)9-13-14-11-5-3-10(4-6-11)7-8-15/h3-6,9,14-15H,2,7-8H2,1H3/b13-9+. The number of hydrogen-bond acceptors (Lipinski definition) is 5. The number of anilines is 1. The first kappa shape index (κ1) is 13.2. The normalized spacial score (nSPS) is 10.5. The Morgan fingerprint density at radius 2 is 2.18 bits per heavy atom. The Balaban J connectivity index is 2.44. The van der Waals surface area contributed by atoms with Gasteiger partial charge in [-0.1, -0.05) is 12.1 Å². The number of nitrogens with one attached hydrogen (secondary N) is 1. The zero-order chi connectivity index (χ0) is 12.5. The molecular weight excluding hydrogens is 220 g/mol. The molecule has 17 heavy (non-hydrogen) atoms. The average Bonchev–Trinajstić information content (AvgIpc) is 2.32. The molecule has 1 aromatic carbocycles. The van der Waals surface area contributed by atoms with Crippen molar-refractivity contribution in [2.75, 3.05) is 18.6 Å². The van der Waals surface area contributed by atoms with E-state index in [1.54, 1.807) is 6.92 Å². The van der Waals surface area contributed by atoms with Crippen molar-refractivity contribution in [2.45, 2.75) is 13.3 Å². The van der Waals surface area contributed by atoms with Crippen molar-refractivity contribution < 1.29 is 14.6 Å². The van der Waals surface area contributed by atoms with Gasteiger partial charge in [-0.15, -0.1) is 0 Å². The van der Waals surface area contributed by atoms with Crippen LogP contribution in [-0.4, -0.2) is 30.5 Å². The van der Waals surface area contributed by atoms with E-state index in [1.165, 1.54) is 0 Å². The molecule has 5 nitrogen and oxygen atoms in total. The van der Waals surface area contributed by atoms with Gasteiger partial charge in [0.25, 0.3) is 0 Å². The van der Waals surface area contributed by atoms with E-state index in [1.807, 2.05) is 24.3 Å². The van der Waals surface area contributed by atoms with Gasteiger partial charge in [0.05, 0.1) is 12.3 Å². The molecule has 0 saturated carbocycles. The van der Waals surface area contributed by atoms with Gasteiger partial charge in [0.15, 0.2) is 0 Å². The minimum absolute atomic E-state index is 0.133. The van der Waals surface area contributed by atoms with Crippen LogP contribution in [0.5, 0.6) is 0 Å². The van der Waals surface area contributed by atoms with E-state index in [0.29, 0.717) is 13.0 Å². The van der Waals surface area contributed by atoms with E-state index in [-0.39, 0.29) is 6.61 Å². The molecule has 0 bridgehead atoms. The highest BCUT2D eigenvalue weighted by Crippen LogP contribution is 2.09. The zero-order valence-electron chi connectivity index (χ0n) is 9.72. The van der Waals surface area contributed by atoms with Gasteiger partial charge in [-0.2, -0.15) is 5.10 Å². The monoisotopic (exact) mass is 236 g/mol. The maximum Gasteiger partial charge on any atom is 0.351 e. The summed E-state index contributed by atoms with van der Waals surface area (Å²) in [6, 6.07) is 7.43. The summed E-state index contributed by atoms with van der Waals surface area (Å²) in [7, 11) is 0. The van der Waals surface area contributed by atoms with Gasteiger partial charge in [0, 0.05) is 6.61 Å². The Labute approximate surface area is 100 Å². The third kappa shape index (κ3) is 5.12. The topological polar surface area (TPSA) is 70.9 Å². The van der Waals surface area contributed by atoms with Crippen LogP contribution >= 0.6 is 0 Å². The molecule has 1 rings (SSSR count). The van der Waals surface area contributed by atoms with Gasteiger partial charge in [0.2, 0.25) is 0 Å². The van der Waals surface area contributed by atoms with Crippen molar-refractivity contribution in [1.29, 1.82) is 0 Å². The Hall–Kier alpha value is -1.88. The van der Waals surface area contributed by atoms with E-state index in [4.69, 9.17) is 5.11 Å². The van der Waals surface area contributed by atoms with Crippen LogP contribution in [0.25, 0.3) is 0 Å². The van der Waals surface area contributed by atoms with E-state index in [9.17, 15) is 4.79 Å². The number of esters is 1. The number of aliphatic hydroxyl groups is 1. The maximum atomic E-state index is 10.9. The van der Waals surface area contributed by atoms with Crippen LogP contribution in [0, 0.1) is 0 Å². The number of rotatable bonds is 6. The van der Waals surface area contributed by atoms with Crippen LogP contribution in [-0.2, 0) is 16.0 Å². The molecule has 0 atom stereocenters. The van der Waals surface area contributed by atoms with Crippen LogP contribution in [0.4, 0.5) is 5.69 Å². The van der Waals surface area contributed by atoms with E-state index >= 15 is 0 Å². The summed E-state index contributed by atoms with van der Waals surface area (Å²) < 4.78 is 4.67. The molecule has 1 aromatic rings. The molecule has 0 unspecified atom stereocenters. The largest absolute Gasteiger partial charge is 0.462 e. The molecular formula is C12H16N2O3. The molecule has 92 valence electrons. The summed E-state index contributed by atoms with van der Waals surface area (Å²) in [4.78, 5) is 10.9. The third-order valence-electron chi connectivity index (χ3n) is 2.00. The lowest BCUT2D eigenvalue weighted by atomic mass is 10.1. The fraction of sp³-hybridized carbons (Fsp3) is 0.333. The first-order valence-electron chi connectivity index (χ1n) is 5.42. The number of hydrazone groups is 1. The van der Waals surface area contributed by atoms with Crippen LogP contribution in [0.1, 0.15) is 12.5 Å². The number of carbonyl (C=O) groups is 1. The number of ether oxygens (including phenoxy) is 1. The van der Waals surface area contributed by atoms with Gasteiger partial charge >= 0.3 is 5.97 Å². The third-order valence-corrected chi connectivity index (χ3v) is 2.00. The van der Waals surface area contributed by atoms with Gasteiger partial charge in [-0.3, -0.25) is 5.43 Å². The SMILES string of the molecule is CCOC(=O)/C=N/Nc1ccc(CCO)cc1. The van der Waals surface area contributed by atoms with E-state index < -0.39 is 5.97 Å². The molecule has 5 heteroatoms. The van der Waals surface area contributed by atoms with Gasteiger partial charge in [-0.25, -0.2) is 4.79 Å². The predicted molar refractivity (Wildman–Crippen MR) is 66.0 cm³/mol. The van der Waals surface area contributed by atoms with Crippen molar-refractivity contribution in [2.24, 2.45) is 5.10 Å². The predicted octanol–water partition coefficient (Wildman–Crippen LogP) is 1.18. The van der Waals surface area contributed by atoms with Crippen molar-refractivity contribution in [3.63, 3.8) is 0 Å². The molecule has 0 fully saturated rings. The number of aliphatic hydroxyl groups excluding tert-OH is 1. The summed E-state index contributed by atoms with van der Waals surface area (Å²) in [6.07, 6.45) is 1.72. The van der Waals surface area contributed by atoms with Crippen LogP contribution < -0.4 is 5.43 Å². The zero-order valence-corrected chi connectivity index (χ0v) is 9.72. The molecule has 0 aliphatic heterocycles. The molecule has 0 aliphatic carbocycles. The molecule has 0 radical (unpaired) electrons. The lowest BCUT2D eigenvalue weighted by molar-refractivity contribution is -0.134. The highest BCUT2D eigenvalue weighted by atomic mass is 16.5. The minimum atomic E-state index is -0.475. The van der Waals surface area contributed by atoms with Crippen LogP contribution in [0.15, 0.2) is 29.4 Å². The van der Waals surface area contributed by atoms with Gasteiger partial charge in [-0.05, 0) is 31.0 Å². The fourth-order valence-corrected chi connectivity index (χ4v) is 1.21. The summed E-state index contributed by atoms with van der Waals surface area (Å²) >= 11 is 0. The Bertz CT molecular complexity index is 374. The average molecular weight is 236 g/mol. The van der Waals surface area contributed by atoms with Gasteiger partial charge in [0.1, 0.15) is 6.21 Å². The number of hydrogen-bond donors (Lipinski definition) is 2. The molecule has 0 saturated heterocycles. The highest BCUT2D eigenvalue weighted by Gasteiger charge is 1.95. The molecule has 0 aliphatic rings. The molecule has 0 heterocycles. The number of benzene rings is 1. The first-order chi connectivity index (χ1) is 8.26. The van der Waals surface area contributed by atoms with E-state index in [2.05, 4.69) is 15.3 Å². The number of nitrogens with zero attached hydrogens (tertiary/aromatic N) is 1. The second-order valence-corrected chi connectivity index (χ2v) is 3.29. The second-order valence-electron chi connectivity index (χ2n) is 3.29. The van der Waals surface area contributed by atoms with Crippen molar-refractivity contribution >= 4 is 17.9 Å².